The number of halogens is 1. The Morgan fingerprint density at radius 1 is 1.69 bits per heavy atom. The SMILES string of the molecule is COC(=O)CCCc1csc(Cl)c1. The van der Waals surface area contributed by atoms with Crippen molar-refractivity contribution in [1.82, 2.24) is 0 Å². The number of ether oxygens (including phenoxy) is 1. The molecule has 0 saturated carbocycles. The zero-order valence-electron chi connectivity index (χ0n) is 7.38. The Morgan fingerprint density at radius 2 is 2.46 bits per heavy atom. The molecule has 0 amide bonds. The fraction of sp³-hybridized carbons (Fsp3) is 0.444. The number of hydrogen-bond acceptors (Lipinski definition) is 3. The molecule has 1 heterocycles. The standard InChI is InChI=1S/C9H11ClO2S/c1-12-9(11)4-2-3-7-5-8(10)13-6-7/h5-6H,2-4H2,1H3. The largest absolute Gasteiger partial charge is 0.469 e. The maximum absolute atomic E-state index is 10.8. The van der Waals surface area contributed by atoms with Crippen molar-refractivity contribution >= 4 is 28.9 Å². The molecule has 0 spiro atoms. The number of hydrogen-bond donors (Lipinski definition) is 0. The molecule has 0 aliphatic carbocycles. The summed E-state index contributed by atoms with van der Waals surface area (Å²) in [4.78, 5) is 10.8. The number of methoxy groups -OCH3 is 1. The lowest BCUT2D eigenvalue weighted by Crippen LogP contribution is -2.00. The van der Waals surface area contributed by atoms with Gasteiger partial charge in [-0.15, -0.1) is 11.3 Å². The summed E-state index contributed by atoms with van der Waals surface area (Å²) in [6.07, 6.45) is 2.18. The van der Waals surface area contributed by atoms with Crippen LogP contribution in [0.15, 0.2) is 11.4 Å². The Morgan fingerprint density at radius 3 is 3.00 bits per heavy atom. The predicted molar refractivity (Wildman–Crippen MR) is 54.3 cm³/mol. The van der Waals surface area contributed by atoms with Crippen molar-refractivity contribution in [3.05, 3.63) is 21.3 Å². The Bertz CT molecular complexity index is 283. The van der Waals surface area contributed by atoms with Gasteiger partial charge in [0.15, 0.2) is 0 Å². The molecule has 1 rings (SSSR count). The molecule has 0 radical (unpaired) electrons. The fourth-order valence-electron chi connectivity index (χ4n) is 1.02. The van der Waals surface area contributed by atoms with Gasteiger partial charge in [0.05, 0.1) is 11.4 Å². The van der Waals surface area contributed by atoms with Crippen molar-refractivity contribution in [3.8, 4) is 0 Å². The maximum Gasteiger partial charge on any atom is 0.305 e. The van der Waals surface area contributed by atoms with Crippen LogP contribution in [-0.4, -0.2) is 13.1 Å². The van der Waals surface area contributed by atoms with Crippen LogP contribution in [-0.2, 0) is 16.0 Å². The van der Waals surface area contributed by atoms with E-state index in [4.69, 9.17) is 11.6 Å². The summed E-state index contributed by atoms with van der Waals surface area (Å²) in [7, 11) is 1.41. The molecule has 0 aliphatic heterocycles. The molecule has 1 aromatic heterocycles. The van der Waals surface area contributed by atoms with Crippen LogP contribution < -0.4 is 0 Å². The first-order chi connectivity index (χ1) is 6.22. The number of rotatable bonds is 4. The van der Waals surface area contributed by atoms with E-state index < -0.39 is 0 Å². The predicted octanol–water partition coefficient (Wildman–Crippen LogP) is 2.90. The van der Waals surface area contributed by atoms with E-state index in [-0.39, 0.29) is 5.97 Å². The van der Waals surface area contributed by atoms with E-state index in [9.17, 15) is 4.79 Å². The Balaban J connectivity index is 2.24. The second kappa shape index (κ2) is 5.25. The van der Waals surface area contributed by atoms with Gasteiger partial charge in [0, 0.05) is 6.42 Å². The van der Waals surface area contributed by atoms with Crippen LogP contribution in [0.2, 0.25) is 4.34 Å². The molecule has 2 nitrogen and oxygen atoms in total. The summed E-state index contributed by atoms with van der Waals surface area (Å²) in [5.74, 6) is -0.152. The van der Waals surface area contributed by atoms with E-state index in [1.807, 2.05) is 11.4 Å². The van der Waals surface area contributed by atoms with Crippen molar-refractivity contribution in [2.24, 2.45) is 0 Å². The highest BCUT2D eigenvalue weighted by atomic mass is 35.5. The summed E-state index contributed by atoms with van der Waals surface area (Å²) < 4.78 is 5.33. The highest BCUT2D eigenvalue weighted by molar-refractivity contribution is 7.14. The van der Waals surface area contributed by atoms with Gasteiger partial charge in [0.2, 0.25) is 0 Å². The maximum atomic E-state index is 10.8. The van der Waals surface area contributed by atoms with Crippen LogP contribution >= 0.6 is 22.9 Å². The molecule has 1 aromatic rings. The zero-order chi connectivity index (χ0) is 9.68. The van der Waals surface area contributed by atoms with Crippen molar-refractivity contribution in [2.45, 2.75) is 19.3 Å². The number of carbonyl (C=O) groups excluding carboxylic acids is 1. The number of carbonyl (C=O) groups is 1. The minimum Gasteiger partial charge on any atom is -0.469 e. The third kappa shape index (κ3) is 3.79. The van der Waals surface area contributed by atoms with Crippen LogP contribution in [0.5, 0.6) is 0 Å². The van der Waals surface area contributed by atoms with Gasteiger partial charge in [-0.3, -0.25) is 4.79 Å². The van der Waals surface area contributed by atoms with E-state index in [1.54, 1.807) is 0 Å². The minimum atomic E-state index is -0.152. The molecule has 13 heavy (non-hydrogen) atoms. The van der Waals surface area contributed by atoms with Crippen LogP contribution in [0, 0.1) is 0 Å². The van der Waals surface area contributed by atoms with Crippen LogP contribution in [0.3, 0.4) is 0 Å². The molecule has 0 fully saturated rings. The topological polar surface area (TPSA) is 26.3 Å². The van der Waals surface area contributed by atoms with Crippen molar-refractivity contribution < 1.29 is 9.53 Å². The Kier molecular flexibility index (Phi) is 4.25. The molecule has 0 atom stereocenters. The quantitative estimate of drug-likeness (QED) is 0.727. The van der Waals surface area contributed by atoms with E-state index in [1.165, 1.54) is 24.0 Å². The average Bonchev–Trinajstić information content (AvgIpc) is 2.51. The van der Waals surface area contributed by atoms with E-state index >= 15 is 0 Å². The van der Waals surface area contributed by atoms with E-state index in [0.29, 0.717) is 6.42 Å². The summed E-state index contributed by atoms with van der Waals surface area (Å²) >= 11 is 7.27. The van der Waals surface area contributed by atoms with E-state index in [2.05, 4.69) is 4.74 Å². The first-order valence-corrected chi connectivity index (χ1v) is 5.28. The van der Waals surface area contributed by atoms with Crippen molar-refractivity contribution in [1.29, 1.82) is 0 Å². The summed E-state index contributed by atoms with van der Waals surface area (Å²) in [6.45, 7) is 0. The van der Waals surface area contributed by atoms with Gasteiger partial charge in [0.25, 0.3) is 0 Å². The average molecular weight is 219 g/mol. The number of esters is 1. The highest BCUT2D eigenvalue weighted by Crippen LogP contribution is 2.21. The van der Waals surface area contributed by atoms with Gasteiger partial charge in [-0.05, 0) is 29.9 Å². The summed E-state index contributed by atoms with van der Waals surface area (Å²) in [5.41, 5.74) is 1.19. The normalized spacial score (nSPS) is 10.0. The Labute approximate surface area is 86.5 Å². The van der Waals surface area contributed by atoms with Crippen LogP contribution in [0.4, 0.5) is 0 Å². The smallest absolute Gasteiger partial charge is 0.305 e. The monoisotopic (exact) mass is 218 g/mol. The van der Waals surface area contributed by atoms with Crippen LogP contribution in [0.1, 0.15) is 18.4 Å². The lowest BCUT2D eigenvalue weighted by atomic mass is 10.1. The Hall–Kier alpha value is -0.540. The third-order valence-electron chi connectivity index (χ3n) is 1.70. The first kappa shape index (κ1) is 10.5. The second-order valence-corrected chi connectivity index (χ2v) is 4.23. The second-order valence-electron chi connectivity index (χ2n) is 2.69. The lowest BCUT2D eigenvalue weighted by Gasteiger charge is -1.97. The molecular weight excluding hydrogens is 208 g/mol. The lowest BCUT2D eigenvalue weighted by molar-refractivity contribution is -0.140. The van der Waals surface area contributed by atoms with Gasteiger partial charge in [-0.2, -0.15) is 0 Å². The zero-order valence-corrected chi connectivity index (χ0v) is 8.95. The molecule has 4 heteroatoms. The number of aryl methyl sites for hydroxylation is 1. The number of thiophene rings is 1. The van der Waals surface area contributed by atoms with Crippen LogP contribution in [0.25, 0.3) is 0 Å². The molecule has 72 valence electrons. The molecule has 0 bridgehead atoms. The fourth-order valence-corrected chi connectivity index (χ4v) is 1.96. The third-order valence-corrected chi connectivity index (χ3v) is 2.84. The van der Waals surface area contributed by atoms with Crippen molar-refractivity contribution in [2.75, 3.05) is 7.11 Å². The molecule has 0 N–H and O–H groups in total. The van der Waals surface area contributed by atoms with Gasteiger partial charge in [-0.25, -0.2) is 0 Å². The summed E-state index contributed by atoms with van der Waals surface area (Å²) in [5, 5.41) is 2.01. The minimum absolute atomic E-state index is 0.152. The van der Waals surface area contributed by atoms with Gasteiger partial charge < -0.3 is 4.74 Å². The van der Waals surface area contributed by atoms with E-state index in [0.717, 1.165) is 17.2 Å². The first-order valence-electron chi connectivity index (χ1n) is 4.02. The van der Waals surface area contributed by atoms with Gasteiger partial charge in [-0.1, -0.05) is 11.6 Å². The molecular formula is C9H11ClO2S. The summed E-state index contributed by atoms with van der Waals surface area (Å²) in [6, 6.07) is 1.93. The molecule has 0 aliphatic rings. The van der Waals surface area contributed by atoms with Gasteiger partial charge >= 0.3 is 5.97 Å². The highest BCUT2D eigenvalue weighted by Gasteiger charge is 2.01. The van der Waals surface area contributed by atoms with Crippen molar-refractivity contribution in [3.63, 3.8) is 0 Å². The molecule has 0 saturated heterocycles. The molecule has 0 aromatic carbocycles. The van der Waals surface area contributed by atoms with Gasteiger partial charge in [0.1, 0.15) is 0 Å². The molecule has 0 unspecified atom stereocenters.